The summed E-state index contributed by atoms with van der Waals surface area (Å²) in [4.78, 5) is 2.06. The number of halogens is 1. The van der Waals surface area contributed by atoms with E-state index >= 15 is 0 Å². The van der Waals surface area contributed by atoms with Gasteiger partial charge in [-0.15, -0.1) is 5.10 Å². The van der Waals surface area contributed by atoms with Crippen LogP contribution in [-0.2, 0) is 15.8 Å². The number of rotatable bonds is 5. The number of piperazine rings is 1. The van der Waals surface area contributed by atoms with Crippen molar-refractivity contribution in [2.45, 2.75) is 24.5 Å². The van der Waals surface area contributed by atoms with Crippen molar-refractivity contribution in [1.29, 1.82) is 0 Å². The van der Waals surface area contributed by atoms with Crippen LogP contribution in [0.15, 0.2) is 36.4 Å². The molecule has 0 atom stereocenters. The molecule has 1 aliphatic carbocycles. The minimum atomic E-state index is -3.42. The van der Waals surface area contributed by atoms with Gasteiger partial charge in [0.1, 0.15) is 5.82 Å². The predicted molar refractivity (Wildman–Crippen MR) is 96.8 cm³/mol. The molecule has 2 aliphatic rings. The van der Waals surface area contributed by atoms with Gasteiger partial charge in [0.15, 0.2) is 5.82 Å². The summed E-state index contributed by atoms with van der Waals surface area (Å²) in [5.74, 6) is 0.895. The Labute approximate surface area is 152 Å². The second-order valence-corrected chi connectivity index (χ2v) is 8.83. The molecule has 0 N–H and O–H groups in total. The summed E-state index contributed by atoms with van der Waals surface area (Å²) in [6.45, 7) is 1.99. The van der Waals surface area contributed by atoms with Crippen molar-refractivity contribution in [3.05, 3.63) is 53.5 Å². The lowest BCUT2D eigenvalue weighted by Gasteiger charge is -2.34. The van der Waals surface area contributed by atoms with E-state index in [4.69, 9.17) is 0 Å². The van der Waals surface area contributed by atoms with E-state index in [1.165, 1.54) is 41.4 Å². The van der Waals surface area contributed by atoms with Crippen molar-refractivity contribution in [2.24, 2.45) is 0 Å². The van der Waals surface area contributed by atoms with Crippen molar-refractivity contribution in [3.63, 3.8) is 0 Å². The lowest BCUT2D eigenvalue weighted by molar-refractivity contribution is 0.383. The summed E-state index contributed by atoms with van der Waals surface area (Å²) in [5, 5.41) is 8.59. The zero-order chi connectivity index (χ0) is 18.1. The third-order valence-electron chi connectivity index (χ3n) is 4.89. The van der Waals surface area contributed by atoms with Crippen LogP contribution in [0.1, 0.15) is 30.0 Å². The molecule has 8 heteroatoms. The number of anilines is 1. The molecule has 2 aromatic rings. The van der Waals surface area contributed by atoms with Crippen molar-refractivity contribution < 1.29 is 12.8 Å². The molecule has 0 amide bonds. The quantitative estimate of drug-likeness (QED) is 0.800. The molecule has 0 bridgehead atoms. The van der Waals surface area contributed by atoms with E-state index in [-0.39, 0.29) is 11.6 Å². The molecule has 2 fully saturated rings. The summed E-state index contributed by atoms with van der Waals surface area (Å²) in [6.07, 6.45) is 2.39. The van der Waals surface area contributed by atoms with E-state index in [1.54, 1.807) is 0 Å². The number of aromatic nitrogens is 2. The van der Waals surface area contributed by atoms with Crippen molar-refractivity contribution in [2.75, 3.05) is 31.1 Å². The number of sulfonamides is 1. The fourth-order valence-corrected chi connectivity index (χ4v) is 4.69. The lowest BCUT2D eigenvalue weighted by Crippen LogP contribution is -2.49. The fourth-order valence-electron chi connectivity index (χ4n) is 3.18. The number of benzene rings is 1. The topological polar surface area (TPSA) is 66.4 Å². The zero-order valence-electron chi connectivity index (χ0n) is 14.4. The minimum absolute atomic E-state index is 0.108. The van der Waals surface area contributed by atoms with E-state index < -0.39 is 10.0 Å². The van der Waals surface area contributed by atoms with Crippen molar-refractivity contribution >= 4 is 15.8 Å². The second-order valence-electron chi connectivity index (χ2n) is 6.86. The molecular weight excluding hydrogens is 355 g/mol. The summed E-state index contributed by atoms with van der Waals surface area (Å²) in [5.41, 5.74) is 1.64. The maximum Gasteiger partial charge on any atom is 0.218 e. The Morgan fingerprint density at radius 2 is 1.65 bits per heavy atom. The first kappa shape index (κ1) is 17.4. The highest BCUT2D eigenvalue weighted by molar-refractivity contribution is 7.88. The summed E-state index contributed by atoms with van der Waals surface area (Å²) in [7, 11) is -3.42. The smallest absolute Gasteiger partial charge is 0.218 e. The maximum atomic E-state index is 13.0. The Hall–Kier alpha value is -2.06. The Morgan fingerprint density at radius 3 is 2.23 bits per heavy atom. The molecular formula is C18H21FN4O2S. The van der Waals surface area contributed by atoms with E-state index in [0.717, 1.165) is 11.5 Å². The monoisotopic (exact) mass is 376 g/mol. The predicted octanol–water partition coefficient (Wildman–Crippen LogP) is 2.15. The Kier molecular flexibility index (Phi) is 4.62. The van der Waals surface area contributed by atoms with E-state index in [0.29, 0.717) is 37.7 Å². The van der Waals surface area contributed by atoms with E-state index in [2.05, 4.69) is 15.1 Å². The van der Waals surface area contributed by atoms with Gasteiger partial charge in [0.25, 0.3) is 0 Å². The van der Waals surface area contributed by atoms with Crippen LogP contribution in [0.3, 0.4) is 0 Å². The molecule has 0 radical (unpaired) electrons. The van der Waals surface area contributed by atoms with Crippen LogP contribution in [0.2, 0.25) is 0 Å². The first-order valence-corrected chi connectivity index (χ1v) is 10.4. The van der Waals surface area contributed by atoms with Gasteiger partial charge in [-0.05, 0) is 42.7 Å². The molecule has 2 heterocycles. The highest BCUT2D eigenvalue weighted by Crippen LogP contribution is 2.38. The van der Waals surface area contributed by atoms with Crippen LogP contribution in [0.25, 0.3) is 0 Å². The SMILES string of the molecule is O=S(=O)(Cc1ccc(F)cc1)N1CCN(c2ccc(C3CC3)nn2)CC1. The number of nitrogens with zero attached hydrogens (tertiary/aromatic N) is 4. The molecule has 1 saturated carbocycles. The first-order valence-electron chi connectivity index (χ1n) is 8.82. The van der Waals surface area contributed by atoms with Gasteiger partial charge in [0, 0.05) is 32.1 Å². The highest BCUT2D eigenvalue weighted by atomic mass is 32.2. The number of hydrogen-bond acceptors (Lipinski definition) is 5. The molecule has 4 rings (SSSR count). The molecule has 1 aromatic heterocycles. The third-order valence-corrected chi connectivity index (χ3v) is 6.74. The molecule has 1 aliphatic heterocycles. The van der Waals surface area contributed by atoms with Gasteiger partial charge in [0.2, 0.25) is 10.0 Å². The summed E-state index contributed by atoms with van der Waals surface area (Å²) in [6, 6.07) is 9.60. The molecule has 0 spiro atoms. The Bertz CT molecular complexity index is 859. The Morgan fingerprint density at radius 1 is 0.962 bits per heavy atom. The van der Waals surface area contributed by atoms with Crippen LogP contribution in [-0.4, -0.2) is 49.1 Å². The maximum absolute atomic E-state index is 13.0. The fraction of sp³-hybridized carbons (Fsp3) is 0.444. The summed E-state index contributed by atoms with van der Waals surface area (Å²) >= 11 is 0. The van der Waals surface area contributed by atoms with Crippen LogP contribution in [0.4, 0.5) is 10.2 Å². The average molecular weight is 376 g/mol. The van der Waals surface area contributed by atoms with Crippen molar-refractivity contribution in [1.82, 2.24) is 14.5 Å². The van der Waals surface area contributed by atoms with Crippen LogP contribution in [0.5, 0.6) is 0 Å². The van der Waals surface area contributed by atoms with E-state index in [1.807, 2.05) is 12.1 Å². The lowest BCUT2D eigenvalue weighted by atomic mass is 10.2. The second kappa shape index (κ2) is 6.92. The molecule has 0 unspecified atom stereocenters. The zero-order valence-corrected chi connectivity index (χ0v) is 15.2. The number of hydrogen-bond donors (Lipinski definition) is 0. The van der Waals surface area contributed by atoms with Gasteiger partial charge in [-0.3, -0.25) is 0 Å². The van der Waals surface area contributed by atoms with Crippen LogP contribution >= 0.6 is 0 Å². The van der Waals surface area contributed by atoms with Gasteiger partial charge in [0.05, 0.1) is 11.4 Å². The largest absolute Gasteiger partial charge is 0.352 e. The van der Waals surface area contributed by atoms with Crippen LogP contribution in [0, 0.1) is 5.82 Å². The summed E-state index contributed by atoms with van der Waals surface area (Å²) < 4.78 is 39.7. The van der Waals surface area contributed by atoms with Gasteiger partial charge in [-0.1, -0.05) is 12.1 Å². The normalized spacial score (nSPS) is 18.9. The van der Waals surface area contributed by atoms with Gasteiger partial charge in [-0.2, -0.15) is 9.40 Å². The van der Waals surface area contributed by atoms with Gasteiger partial charge >= 0.3 is 0 Å². The van der Waals surface area contributed by atoms with Gasteiger partial charge < -0.3 is 4.90 Å². The average Bonchev–Trinajstić information content (AvgIpc) is 3.49. The standard InChI is InChI=1S/C18H21FN4O2S/c19-16-5-1-14(2-6-16)13-26(24,25)23-11-9-22(10-12-23)18-8-7-17(20-21-18)15-3-4-15/h1-2,5-8,15H,3-4,9-13H2. The first-order chi connectivity index (χ1) is 12.5. The van der Waals surface area contributed by atoms with E-state index in [9.17, 15) is 12.8 Å². The third kappa shape index (κ3) is 3.86. The molecule has 1 aromatic carbocycles. The highest BCUT2D eigenvalue weighted by Gasteiger charge is 2.29. The molecule has 138 valence electrons. The Balaban J connectivity index is 1.36. The minimum Gasteiger partial charge on any atom is -0.352 e. The van der Waals surface area contributed by atoms with Crippen LogP contribution < -0.4 is 4.90 Å². The molecule has 26 heavy (non-hydrogen) atoms. The molecule has 6 nitrogen and oxygen atoms in total. The molecule has 1 saturated heterocycles. The van der Waals surface area contributed by atoms with Gasteiger partial charge in [-0.25, -0.2) is 12.8 Å². The van der Waals surface area contributed by atoms with Crippen molar-refractivity contribution in [3.8, 4) is 0 Å².